The van der Waals surface area contributed by atoms with Gasteiger partial charge in [0.2, 0.25) is 0 Å². The number of rotatable bonds is 3. The predicted octanol–water partition coefficient (Wildman–Crippen LogP) is 1.97. The molecule has 0 bridgehead atoms. The van der Waals surface area contributed by atoms with E-state index in [4.69, 9.17) is 10.3 Å². The summed E-state index contributed by atoms with van der Waals surface area (Å²) < 4.78 is 5.03. The zero-order valence-corrected chi connectivity index (χ0v) is 8.23. The molecule has 0 aliphatic carbocycles. The number of nitrogens with two attached hydrogens (primary N) is 1. The van der Waals surface area contributed by atoms with Gasteiger partial charge in [-0.3, -0.25) is 0 Å². The highest BCUT2D eigenvalue weighted by atomic mass is 16.5. The second kappa shape index (κ2) is 3.80. The predicted molar refractivity (Wildman–Crippen MR) is 55.9 cm³/mol. The monoisotopic (exact) mass is 190 g/mol. The Balaban J connectivity index is 2.25. The lowest BCUT2D eigenvalue weighted by molar-refractivity contribution is 0.456. The van der Waals surface area contributed by atoms with Crippen LogP contribution in [-0.4, -0.2) is 11.7 Å². The molecule has 0 radical (unpaired) electrons. The van der Waals surface area contributed by atoms with E-state index >= 15 is 0 Å². The van der Waals surface area contributed by atoms with Gasteiger partial charge in [0.15, 0.2) is 5.58 Å². The van der Waals surface area contributed by atoms with Gasteiger partial charge in [0.25, 0.3) is 0 Å². The molecule has 0 amide bonds. The van der Waals surface area contributed by atoms with Crippen LogP contribution >= 0.6 is 0 Å². The van der Waals surface area contributed by atoms with Crippen molar-refractivity contribution in [1.29, 1.82) is 0 Å². The Kier molecular flexibility index (Phi) is 2.50. The molecule has 74 valence electrons. The van der Waals surface area contributed by atoms with Crippen LogP contribution in [0.3, 0.4) is 0 Å². The molecule has 3 nitrogen and oxygen atoms in total. The third-order valence-corrected chi connectivity index (χ3v) is 2.40. The molecule has 1 atom stereocenters. The van der Waals surface area contributed by atoms with E-state index in [1.165, 1.54) is 5.56 Å². The van der Waals surface area contributed by atoms with Gasteiger partial charge in [-0.15, -0.1) is 0 Å². The molecule has 1 unspecified atom stereocenters. The maximum Gasteiger partial charge on any atom is 0.166 e. The molecule has 2 N–H and O–H groups in total. The zero-order chi connectivity index (χ0) is 9.97. The van der Waals surface area contributed by atoms with E-state index in [1.54, 1.807) is 6.20 Å². The molecule has 1 heterocycles. The fraction of sp³-hybridized carbons (Fsp3) is 0.364. The smallest absolute Gasteiger partial charge is 0.166 e. The van der Waals surface area contributed by atoms with E-state index in [0.29, 0.717) is 5.92 Å². The summed E-state index contributed by atoms with van der Waals surface area (Å²) in [4.78, 5) is 0. The zero-order valence-electron chi connectivity index (χ0n) is 8.23. The van der Waals surface area contributed by atoms with Crippen LogP contribution in [0, 0.1) is 5.92 Å². The topological polar surface area (TPSA) is 52.0 Å². The molecule has 1 aromatic heterocycles. The van der Waals surface area contributed by atoms with E-state index in [9.17, 15) is 0 Å². The summed E-state index contributed by atoms with van der Waals surface area (Å²) in [6, 6.07) is 6.14. The van der Waals surface area contributed by atoms with E-state index < -0.39 is 0 Å². The highest BCUT2D eigenvalue weighted by Gasteiger charge is 2.03. The average molecular weight is 190 g/mol. The SMILES string of the molecule is CC(CN)Cc1ccc2oncc2c1. The van der Waals surface area contributed by atoms with Gasteiger partial charge >= 0.3 is 0 Å². The van der Waals surface area contributed by atoms with Crippen molar-refractivity contribution in [1.82, 2.24) is 5.16 Å². The van der Waals surface area contributed by atoms with Crippen LogP contribution in [0.4, 0.5) is 0 Å². The van der Waals surface area contributed by atoms with Crippen LogP contribution in [0.15, 0.2) is 28.9 Å². The molecule has 0 fully saturated rings. The van der Waals surface area contributed by atoms with Crippen molar-refractivity contribution in [2.75, 3.05) is 6.54 Å². The van der Waals surface area contributed by atoms with Crippen LogP contribution in [0.5, 0.6) is 0 Å². The summed E-state index contributed by atoms with van der Waals surface area (Å²) in [5.74, 6) is 0.521. The minimum atomic E-state index is 0.521. The molecule has 0 saturated carbocycles. The Bertz CT molecular complexity index is 422. The summed E-state index contributed by atoms with van der Waals surface area (Å²) in [5, 5.41) is 4.80. The summed E-state index contributed by atoms with van der Waals surface area (Å²) in [5.41, 5.74) is 7.71. The van der Waals surface area contributed by atoms with E-state index in [-0.39, 0.29) is 0 Å². The first-order valence-corrected chi connectivity index (χ1v) is 4.83. The largest absolute Gasteiger partial charge is 0.356 e. The number of fused-ring (bicyclic) bond motifs is 1. The molecule has 14 heavy (non-hydrogen) atoms. The maximum atomic E-state index is 5.58. The Morgan fingerprint density at radius 3 is 3.14 bits per heavy atom. The van der Waals surface area contributed by atoms with Crippen LogP contribution in [0.25, 0.3) is 11.0 Å². The van der Waals surface area contributed by atoms with Crippen LogP contribution in [-0.2, 0) is 6.42 Å². The van der Waals surface area contributed by atoms with Gasteiger partial charge in [-0.1, -0.05) is 18.1 Å². The number of hydrogen-bond acceptors (Lipinski definition) is 3. The maximum absolute atomic E-state index is 5.58. The molecule has 0 aliphatic rings. The van der Waals surface area contributed by atoms with Gasteiger partial charge in [0.1, 0.15) is 0 Å². The third-order valence-electron chi connectivity index (χ3n) is 2.40. The van der Waals surface area contributed by atoms with Crippen molar-refractivity contribution in [2.45, 2.75) is 13.3 Å². The Labute approximate surface area is 82.9 Å². The van der Waals surface area contributed by atoms with Crippen molar-refractivity contribution in [3.63, 3.8) is 0 Å². The third kappa shape index (κ3) is 1.77. The van der Waals surface area contributed by atoms with E-state index in [0.717, 1.165) is 23.9 Å². The van der Waals surface area contributed by atoms with Gasteiger partial charge in [-0.2, -0.15) is 0 Å². The lowest BCUT2D eigenvalue weighted by Crippen LogP contribution is -2.12. The Morgan fingerprint density at radius 2 is 2.36 bits per heavy atom. The van der Waals surface area contributed by atoms with E-state index in [2.05, 4.69) is 24.2 Å². The standard InChI is InChI=1S/C11H14N2O/c1-8(6-12)4-9-2-3-11-10(5-9)7-13-14-11/h2-3,5,7-8H,4,6,12H2,1H3. The normalized spacial score (nSPS) is 13.3. The minimum absolute atomic E-state index is 0.521. The van der Waals surface area contributed by atoms with Gasteiger partial charge in [-0.25, -0.2) is 0 Å². The molecule has 1 aromatic carbocycles. The van der Waals surface area contributed by atoms with Crippen molar-refractivity contribution in [3.8, 4) is 0 Å². The minimum Gasteiger partial charge on any atom is -0.356 e. The van der Waals surface area contributed by atoms with Gasteiger partial charge in [-0.05, 0) is 36.6 Å². The first-order chi connectivity index (χ1) is 6.79. The number of aromatic nitrogens is 1. The summed E-state index contributed by atoms with van der Waals surface area (Å²) in [6.45, 7) is 2.87. The number of hydrogen-bond donors (Lipinski definition) is 1. The average Bonchev–Trinajstić information content (AvgIpc) is 2.64. The van der Waals surface area contributed by atoms with Gasteiger partial charge in [0, 0.05) is 5.39 Å². The van der Waals surface area contributed by atoms with Crippen LogP contribution in [0.1, 0.15) is 12.5 Å². The number of nitrogens with zero attached hydrogens (tertiary/aromatic N) is 1. The first-order valence-electron chi connectivity index (χ1n) is 4.83. The molecule has 2 aromatic rings. The molecule has 2 rings (SSSR count). The molecule has 0 aliphatic heterocycles. The second-order valence-corrected chi connectivity index (χ2v) is 3.74. The molecule has 3 heteroatoms. The van der Waals surface area contributed by atoms with E-state index in [1.807, 2.05) is 6.07 Å². The lowest BCUT2D eigenvalue weighted by atomic mass is 10.0. The second-order valence-electron chi connectivity index (χ2n) is 3.74. The first kappa shape index (κ1) is 9.21. The van der Waals surface area contributed by atoms with Crippen molar-refractivity contribution in [2.24, 2.45) is 11.7 Å². The molecular formula is C11H14N2O. The summed E-state index contributed by atoms with van der Waals surface area (Å²) in [6.07, 6.45) is 2.75. The quantitative estimate of drug-likeness (QED) is 0.805. The fourth-order valence-corrected chi connectivity index (χ4v) is 1.53. The van der Waals surface area contributed by atoms with Crippen LogP contribution in [0.2, 0.25) is 0 Å². The highest BCUT2D eigenvalue weighted by molar-refractivity contribution is 5.76. The van der Waals surface area contributed by atoms with Gasteiger partial charge in [0.05, 0.1) is 6.20 Å². The van der Waals surface area contributed by atoms with Gasteiger partial charge < -0.3 is 10.3 Å². The molecule has 0 spiro atoms. The Morgan fingerprint density at radius 1 is 1.50 bits per heavy atom. The van der Waals surface area contributed by atoms with Crippen LogP contribution < -0.4 is 5.73 Å². The molecule has 0 saturated heterocycles. The van der Waals surface area contributed by atoms with Crippen molar-refractivity contribution >= 4 is 11.0 Å². The lowest BCUT2D eigenvalue weighted by Gasteiger charge is -2.07. The fourth-order valence-electron chi connectivity index (χ4n) is 1.53. The van der Waals surface area contributed by atoms with Crippen molar-refractivity contribution in [3.05, 3.63) is 30.0 Å². The summed E-state index contributed by atoms with van der Waals surface area (Å²) in [7, 11) is 0. The molecular weight excluding hydrogens is 176 g/mol. The highest BCUT2D eigenvalue weighted by Crippen LogP contribution is 2.17. The Hall–Kier alpha value is -1.35. The number of benzene rings is 1. The van der Waals surface area contributed by atoms with Crippen molar-refractivity contribution < 1.29 is 4.52 Å². The summed E-state index contributed by atoms with van der Waals surface area (Å²) >= 11 is 0.